The summed E-state index contributed by atoms with van der Waals surface area (Å²) in [6.07, 6.45) is 3.57. The summed E-state index contributed by atoms with van der Waals surface area (Å²) in [6.45, 7) is 7.81. The zero-order valence-electron chi connectivity index (χ0n) is 16.4. The molecule has 0 spiro atoms. The molecule has 0 unspecified atom stereocenters. The van der Waals surface area contributed by atoms with Crippen molar-refractivity contribution in [3.05, 3.63) is 83.6 Å². The molecule has 0 saturated carbocycles. The van der Waals surface area contributed by atoms with Gasteiger partial charge in [0.05, 0.1) is 17.9 Å². The van der Waals surface area contributed by atoms with Crippen molar-refractivity contribution in [3.63, 3.8) is 0 Å². The number of aryl methyl sites for hydroxylation is 1. The number of hydrogen-bond acceptors (Lipinski definition) is 5. The zero-order chi connectivity index (χ0) is 20.8. The molecule has 0 radical (unpaired) electrons. The minimum atomic E-state index is -0.387. The van der Waals surface area contributed by atoms with Crippen LogP contribution in [0.2, 0.25) is 0 Å². The lowest BCUT2D eigenvalue weighted by Gasteiger charge is -2.17. The second-order valence-electron chi connectivity index (χ2n) is 6.29. The quantitative estimate of drug-likeness (QED) is 0.391. The van der Waals surface area contributed by atoms with Crippen LogP contribution in [0.3, 0.4) is 0 Å². The van der Waals surface area contributed by atoms with Gasteiger partial charge >= 0.3 is 5.97 Å². The Morgan fingerprint density at radius 3 is 2.59 bits per heavy atom. The number of rotatable bonds is 6. The number of carbonyl (C=O) groups excluding carboxylic acids is 2. The van der Waals surface area contributed by atoms with E-state index >= 15 is 0 Å². The normalized spacial score (nSPS) is 14.8. The standard InChI is InChI=1S/C23H22N2O3S/c1-4-14-29-23-24-20(15-18-9-7-6-8-16(18)3)21(26)25(23)19-12-10-17(11-13-19)22(27)28-5-2/h4,6-13,15H,1,5,14H2,2-3H3. The van der Waals surface area contributed by atoms with Crippen molar-refractivity contribution in [2.75, 3.05) is 17.3 Å². The molecule has 148 valence electrons. The highest BCUT2D eigenvalue weighted by Gasteiger charge is 2.32. The van der Waals surface area contributed by atoms with Crippen molar-refractivity contribution in [2.24, 2.45) is 4.99 Å². The Labute approximate surface area is 174 Å². The Kier molecular flexibility index (Phi) is 6.67. The van der Waals surface area contributed by atoms with Gasteiger partial charge in [-0.15, -0.1) is 6.58 Å². The maximum absolute atomic E-state index is 13.1. The molecule has 1 amide bonds. The highest BCUT2D eigenvalue weighted by molar-refractivity contribution is 8.14. The molecule has 29 heavy (non-hydrogen) atoms. The van der Waals surface area contributed by atoms with E-state index in [-0.39, 0.29) is 11.9 Å². The first-order valence-corrected chi connectivity index (χ1v) is 10.2. The van der Waals surface area contributed by atoms with E-state index in [4.69, 9.17) is 4.74 Å². The Balaban J connectivity index is 1.94. The fraction of sp³-hybridized carbons (Fsp3) is 0.174. The van der Waals surface area contributed by atoms with Crippen molar-refractivity contribution in [1.82, 2.24) is 0 Å². The van der Waals surface area contributed by atoms with Gasteiger partial charge in [0, 0.05) is 5.75 Å². The number of nitrogens with zero attached hydrogens (tertiary/aromatic N) is 2. The minimum absolute atomic E-state index is 0.205. The minimum Gasteiger partial charge on any atom is -0.462 e. The van der Waals surface area contributed by atoms with Gasteiger partial charge in [-0.05, 0) is 55.3 Å². The maximum Gasteiger partial charge on any atom is 0.338 e. The van der Waals surface area contributed by atoms with Crippen molar-refractivity contribution < 1.29 is 14.3 Å². The average molecular weight is 407 g/mol. The van der Waals surface area contributed by atoms with E-state index in [0.717, 1.165) is 11.1 Å². The summed E-state index contributed by atoms with van der Waals surface area (Å²) in [4.78, 5) is 31.1. The van der Waals surface area contributed by atoms with Gasteiger partial charge in [-0.1, -0.05) is 42.1 Å². The van der Waals surface area contributed by atoms with Gasteiger partial charge in [-0.3, -0.25) is 9.69 Å². The number of anilines is 1. The lowest BCUT2D eigenvalue weighted by atomic mass is 10.1. The van der Waals surface area contributed by atoms with Crippen molar-refractivity contribution in [3.8, 4) is 0 Å². The van der Waals surface area contributed by atoms with Gasteiger partial charge in [0.2, 0.25) is 0 Å². The third-order valence-electron chi connectivity index (χ3n) is 4.28. The molecule has 0 aliphatic carbocycles. The molecule has 0 fully saturated rings. The smallest absolute Gasteiger partial charge is 0.338 e. The van der Waals surface area contributed by atoms with Crippen LogP contribution in [0.5, 0.6) is 0 Å². The predicted molar refractivity (Wildman–Crippen MR) is 119 cm³/mol. The number of hydrogen-bond donors (Lipinski definition) is 0. The van der Waals surface area contributed by atoms with Crippen LogP contribution < -0.4 is 4.90 Å². The molecule has 6 heteroatoms. The first-order chi connectivity index (χ1) is 14.0. The zero-order valence-corrected chi connectivity index (χ0v) is 17.2. The molecule has 5 nitrogen and oxygen atoms in total. The van der Waals surface area contributed by atoms with E-state index in [2.05, 4.69) is 11.6 Å². The van der Waals surface area contributed by atoms with E-state index in [1.54, 1.807) is 48.2 Å². The van der Waals surface area contributed by atoms with E-state index < -0.39 is 0 Å². The maximum atomic E-state index is 13.1. The fourth-order valence-corrected chi connectivity index (χ4v) is 3.56. The molecule has 0 saturated heterocycles. The van der Waals surface area contributed by atoms with Crippen LogP contribution in [0.15, 0.2) is 71.9 Å². The fourth-order valence-electron chi connectivity index (χ4n) is 2.81. The van der Waals surface area contributed by atoms with Crippen LogP contribution in [0.4, 0.5) is 5.69 Å². The summed E-state index contributed by atoms with van der Waals surface area (Å²) in [7, 11) is 0. The van der Waals surface area contributed by atoms with Crippen LogP contribution in [0.1, 0.15) is 28.4 Å². The van der Waals surface area contributed by atoms with Gasteiger partial charge in [0.25, 0.3) is 5.91 Å². The number of ether oxygens (including phenoxy) is 1. The highest BCUT2D eigenvalue weighted by atomic mass is 32.2. The molecule has 2 aromatic rings. The van der Waals surface area contributed by atoms with Gasteiger partial charge in [-0.2, -0.15) is 0 Å². The number of aliphatic imine (C=N–C) groups is 1. The summed E-state index contributed by atoms with van der Waals surface area (Å²) in [5.74, 6) is 0.0341. The first-order valence-electron chi connectivity index (χ1n) is 9.26. The van der Waals surface area contributed by atoms with Crippen LogP contribution in [-0.2, 0) is 9.53 Å². The number of amidine groups is 1. The second kappa shape index (κ2) is 9.39. The van der Waals surface area contributed by atoms with Gasteiger partial charge in [0.1, 0.15) is 5.70 Å². The molecule has 3 rings (SSSR count). The Morgan fingerprint density at radius 2 is 1.93 bits per heavy atom. The predicted octanol–water partition coefficient (Wildman–Crippen LogP) is 4.83. The summed E-state index contributed by atoms with van der Waals surface area (Å²) < 4.78 is 5.02. The van der Waals surface area contributed by atoms with Gasteiger partial charge in [0.15, 0.2) is 5.17 Å². The van der Waals surface area contributed by atoms with Crippen LogP contribution in [0, 0.1) is 6.92 Å². The second-order valence-corrected chi connectivity index (χ2v) is 7.28. The van der Waals surface area contributed by atoms with E-state index in [1.807, 2.05) is 31.2 Å². The first kappa shape index (κ1) is 20.6. The summed E-state index contributed by atoms with van der Waals surface area (Å²) in [6, 6.07) is 14.6. The van der Waals surface area contributed by atoms with Crippen LogP contribution in [0.25, 0.3) is 6.08 Å². The SMILES string of the molecule is C=CCSC1=NC(=Cc2ccccc2C)C(=O)N1c1ccc(C(=O)OCC)cc1. The summed E-state index contributed by atoms with van der Waals surface area (Å²) in [5, 5.41) is 0.582. The Morgan fingerprint density at radius 1 is 1.21 bits per heavy atom. The molecule has 1 aliphatic heterocycles. The van der Waals surface area contributed by atoms with Gasteiger partial charge in [-0.25, -0.2) is 9.79 Å². The molecule has 0 bridgehead atoms. The monoisotopic (exact) mass is 406 g/mol. The lowest BCUT2D eigenvalue weighted by molar-refractivity contribution is -0.113. The summed E-state index contributed by atoms with van der Waals surface area (Å²) >= 11 is 1.43. The van der Waals surface area contributed by atoms with E-state index in [0.29, 0.717) is 34.5 Å². The number of amides is 1. The molecular formula is C23H22N2O3S. The molecular weight excluding hydrogens is 384 g/mol. The van der Waals surface area contributed by atoms with Crippen molar-refractivity contribution in [2.45, 2.75) is 13.8 Å². The third kappa shape index (κ3) is 4.66. The molecule has 1 heterocycles. The highest BCUT2D eigenvalue weighted by Crippen LogP contribution is 2.30. The topological polar surface area (TPSA) is 59.0 Å². The number of esters is 1. The van der Waals surface area contributed by atoms with Gasteiger partial charge < -0.3 is 4.74 Å². The molecule has 0 N–H and O–H groups in total. The number of carbonyl (C=O) groups is 2. The third-order valence-corrected chi connectivity index (χ3v) is 5.21. The van der Waals surface area contributed by atoms with Crippen molar-refractivity contribution >= 4 is 40.6 Å². The summed E-state index contributed by atoms with van der Waals surface area (Å²) in [5.41, 5.74) is 3.48. The van der Waals surface area contributed by atoms with E-state index in [9.17, 15) is 9.59 Å². The average Bonchev–Trinajstić information content (AvgIpc) is 3.03. The molecule has 2 aromatic carbocycles. The number of thioether (sulfide) groups is 1. The lowest BCUT2D eigenvalue weighted by Crippen LogP contribution is -2.30. The molecule has 0 aromatic heterocycles. The number of benzene rings is 2. The Bertz CT molecular complexity index is 993. The van der Waals surface area contributed by atoms with Crippen molar-refractivity contribution in [1.29, 1.82) is 0 Å². The molecule has 1 aliphatic rings. The van der Waals surface area contributed by atoms with E-state index in [1.165, 1.54) is 11.8 Å². The van der Waals surface area contributed by atoms with Crippen LogP contribution in [-0.4, -0.2) is 29.4 Å². The largest absolute Gasteiger partial charge is 0.462 e. The Hall–Kier alpha value is -3.12. The van der Waals surface area contributed by atoms with Crippen LogP contribution >= 0.6 is 11.8 Å². The molecule has 0 atom stereocenters.